The van der Waals surface area contributed by atoms with Crippen LogP contribution in [0.2, 0.25) is 0 Å². The molecule has 2 bridgehead atoms. The Morgan fingerprint density at radius 3 is 3.07 bits per heavy atom. The van der Waals surface area contributed by atoms with E-state index in [1.54, 1.807) is 6.08 Å². The maximum absolute atomic E-state index is 5.78. The average Bonchev–Trinajstić information content (AvgIpc) is 2.79. The molecule has 0 aromatic rings. The predicted octanol–water partition coefficient (Wildman–Crippen LogP) is -0.00660. The minimum Gasteiger partial charge on any atom is -0.384 e. The molecular formula is C9H13N3O2. The van der Waals surface area contributed by atoms with E-state index >= 15 is 0 Å². The Morgan fingerprint density at radius 2 is 2.57 bits per heavy atom. The smallest absolute Gasteiger partial charge is 0.169 e. The largest absolute Gasteiger partial charge is 0.384 e. The number of nitrogens with zero attached hydrogens (tertiary/aromatic N) is 2. The topological polar surface area (TPSA) is 60.1 Å². The summed E-state index contributed by atoms with van der Waals surface area (Å²) in [6.45, 7) is 1.20. The van der Waals surface area contributed by atoms with E-state index in [9.17, 15) is 0 Å². The fourth-order valence-corrected chi connectivity index (χ4v) is 2.14. The van der Waals surface area contributed by atoms with Gasteiger partial charge in [-0.25, -0.2) is 4.99 Å². The Bertz CT molecular complexity index is 305. The molecule has 0 saturated carbocycles. The van der Waals surface area contributed by atoms with Crippen molar-refractivity contribution in [1.29, 1.82) is 0 Å². The lowest BCUT2D eigenvalue weighted by Crippen LogP contribution is -2.47. The number of amidine groups is 1. The number of aliphatic imine (C=N–C) groups is 1. The first-order valence-corrected chi connectivity index (χ1v) is 4.83. The lowest BCUT2D eigenvalue weighted by Gasteiger charge is -2.36. The molecule has 3 rings (SSSR count). The summed E-state index contributed by atoms with van der Waals surface area (Å²) in [4.78, 5) is 6.23. The highest BCUT2D eigenvalue weighted by atomic mass is 16.7. The van der Waals surface area contributed by atoms with Gasteiger partial charge in [-0.15, -0.1) is 0 Å². The molecule has 0 aliphatic carbocycles. The molecule has 3 aliphatic rings. The van der Waals surface area contributed by atoms with Crippen LogP contribution in [0.4, 0.5) is 0 Å². The molecule has 0 spiro atoms. The quantitative estimate of drug-likeness (QED) is 0.639. The fraction of sp³-hybridized carbons (Fsp3) is 0.667. The molecule has 0 radical (unpaired) electrons. The predicted molar refractivity (Wildman–Crippen MR) is 50.3 cm³/mol. The van der Waals surface area contributed by atoms with Crippen LogP contribution < -0.4 is 5.73 Å². The Kier molecular flexibility index (Phi) is 1.60. The highest BCUT2D eigenvalue weighted by molar-refractivity contribution is 5.91. The summed E-state index contributed by atoms with van der Waals surface area (Å²) in [7, 11) is 0. The third-order valence-electron chi connectivity index (χ3n) is 2.97. The summed E-state index contributed by atoms with van der Waals surface area (Å²) in [5, 5.41) is 0. The monoisotopic (exact) mass is 195 g/mol. The summed E-state index contributed by atoms with van der Waals surface area (Å²) in [5.41, 5.74) is 5.28. The Labute approximate surface area is 82.2 Å². The van der Waals surface area contributed by atoms with E-state index in [4.69, 9.17) is 15.2 Å². The maximum Gasteiger partial charge on any atom is 0.169 e. The number of rotatable bonds is 1. The van der Waals surface area contributed by atoms with Gasteiger partial charge in [0, 0.05) is 19.0 Å². The summed E-state index contributed by atoms with van der Waals surface area (Å²) in [6, 6.07) is 0. The average molecular weight is 195 g/mol. The molecule has 1 unspecified atom stereocenters. The Morgan fingerprint density at radius 1 is 1.64 bits per heavy atom. The van der Waals surface area contributed by atoms with Gasteiger partial charge in [0.1, 0.15) is 12.5 Å². The second-order valence-electron chi connectivity index (χ2n) is 3.85. The Balaban J connectivity index is 1.80. The van der Waals surface area contributed by atoms with Crippen molar-refractivity contribution in [2.75, 3.05) is 13.3 Å². The molecule has 2 saturated heterocycles. The minimum absolute atomic E-state index is 0.00773. The van der Waals surface area contributed by atoms with E-state index in [1.165, 1.54) is 0 Å². The summed E-state index contributed by atoms with van der Waals surface area (Å²) in [5.74, 6) is 0.575. The van der Waals surface area contributed by atoms with Crippen LogP contribution in [0.5, 0.6) is 0 Å². The zero-order valence-electron chi connectivity index (χ0n) is 7.85. The summed E-state index contributed by atoms with van der Waals surface area (Å²) in [6.07, 6.45) is 5.72. The van der Waals surface area contributed by atoms with E-state index in [0.717, 1.165) is 12.8 Å². The van der Waals surface area contributed by atoms with Crippen LogP contribution in [0, 0.1) is 0 Å². The number of hydrogen-bond donors (Lipinski definition) is 1. The van der Waals surface area contributed by atoms with E-state index < -0.39 is 0 Å². The summed E-state index contributed by atoms with van der Waals surface area (Å²) >= 11 is 0. The van der Waals surface area contributed by atoms with Crippen molar-refractivity contribution in [2.45, 2.75) is 24.9 Å². The zero-order valence-corrected chi connectivity index (χ0v) is 7.85. The SMILES string of the molecule is NC1=NCN(C23CC[C@@H](OC2)O3)C=C1. The van der Waals surface area contributed by atoms with Crippen LogP contribution in [-0.2, 0) is 9.47 Å². The molecule has 3 heterocycles. The highest BCUT2D eigenvalue weighted by Crippen LogP contribution is 2.40. The molecule has 2 atom stereocenters. The number of hydrogen-bond acceptors (Lipinski definition) is 5. The molecule has 2 fully saturated rings. The van der Waals surface area contributed by atoms with Gasteiger partial charge in [-0.2, -0.15) is 0 Å². The molecule has 3 aliphatic heterocycles. The van der Waals surface area contributed by atoms with E-state index in [1.807, 2.05) is 6.20 Å². The van der Waals surface area contributed by atoms with E-state index in [2.05, 4.69) is 9.89 Å². The molecule has 0 amide bonds. The van der Waals surface area contributed by atoms with Crippen LogP contribution in [0.3, 0.4) is 0 Å². The van der Waals surface area contributed by atoms with Gasteiger partial charge in [0.2, 0.25) is 0 Å². The molecule has 76 valence electrons. The molecular weight excluding hydrogens is 182 g/mol. The van der Waals surface area contributed by atoms with Crippen molar-refractivity contribution in [3.63, 3.8) is 0 Å². The van der Waals surface area contributed by atoms with E-state index in [0.29, 0.717) is 19.1 Å². The van der Waals surface area contributed by atoms with Gasteiger partial charge in [0.05, 0.1) is 6.61 Å². The number of ether oxygens (including phenoxy) is 2. The van der Waals surface area contributed by atoms with Gasteiger partial charge >= 0.3 is 0 Å². The van der Waals surface area contributed by atoms with Crippen molar-refractivity contribution < 1.29 is 9.47 Å². The van der Waals surface area contributed by atoms with Crippen molar-refractivity contribution in [3.05, 3.63) is 12.3 Å². The third kappa shape index (κ3) is 1.06. The standard InChI is InChI=1S/C9H13N3O2/c10-7-2-4-12(6-11-7)9-3-1-8(14-9)13-5-9/h2,4,8H,1,3,5-6H2,(H2,10,11)/t8-,9?/m0/s1. The lowest BCUT2D eigenvalue weighted by atomic mass is 10.1. The number of fused-ring (bicyclic) bond motifs is 2. The Hall–Kier alpha value is -1.07. The summed E-state index contributed by atoms with van der Waals surface area (Å²) < 4.78 is 11.2. The van der Waals surface area contributed by atoms with E-state index in [-0.39, 0.29) is 12.0 Å². The molecule has 14 heavy (non-hydrogen) atoms. The van der Waals surface area contributed by atoms with Gasteiger partial charge in [0.15, 0.2) is 12.0 Å². The van der Waals surface area contributed by atoms with Crippen LogP contribution in [0.1, 0.15) is 12.8 Å². The second-order valence-corrected chi connectivity index (χ2v) is 3.85. The zero-order chi connectivity index (χ0) is 9.60. The van der Waals surface area contributed by atoms with Gasteiger partial charge in [-0.3, -0.25) is 0 Å². The number of nitrogens with two attached hydrogens (primary N) is 1. The molecule has 5 heteroatoms. The van der Waals surface area contributed by atoms with Crippen LogP contribution >= 0.6 is 0 Å². The van der Waals surface area contributed by atoms with Gasteiger partial charge in [-0.1, -0.05) is 0 Å². The highest BCUT2D eigenvalue weighted by Gasteiger charge is 2.50. The molecule has 0 aromatic carbocycles. The van der Waals surface area contributed by atoms with Crippen molar-refractivity contribution in [1.82, 2.24) is 4.90 Å². The first kappa shape index (κ1) is 8.26. The molecule has 0 aromatic heterocycles. The lowest BCUT2D eigenvalue weighted by molar-refractivity contribution is -0.0901. The molecule has 5 nitrogen and oxygen atoms in total. The van der Waals surface area contributed by atoms with Crippen LogP contribution in [-0.4, -0.2) is 36.0 Å². The van der Waals surface area contributed by atoms with Crippen LogP contribution in [0.25, 0.3) is 0 Å². The van der Waals surface area contributed by atoms with Gasteiger partial charge in [0.25, 0.3) is 0 Å². The minimum atomic E-state index is -0.272. The first-order valence-electron chi connectivity index (χ1n) is 4.83. The van der Waals surface area contributed by atoms with Crippen molar-refractivity contribution in [2.24, 2.45) is 10.7 Å². The van der Waals surface area contributed by atoms with Crippen molar-refractivity contribution >= 4 is 5.84 Å². The normalized spacial score (nSPS) is 40.4. The maximum atomic E-state index is 5.78. The third-order valence-corrected chi connectivity index (χ3v) is 2.97. The fourth-order valence-electron chi connectivity index (χ4n) is 2.14. The van der Waals surface area contributed by atoms with Gasteiger partial charge in [-0.05, 0) is 6.08 Å². The second kappa shape index (κ2) is 2.71. The first-order chi connectivity index (χ1) is 6.78. The van der Waals surface area contributed by atoms with Gasteiger partial charge < -0.3 is 20.1 Å². The molecule has 2 N–H and O–H groups in total. The van der Waals surface area contributed by atoms with Crippen LogP contribution in [0.15, 0.2) is 17.3 Å². The van der Waals surface area contributed by atoms with Crippen molar-refractivity contribution in [3.8, 4) is 0 Å².